The molecule has 1 aromatic carbocycles. The second kappa shape index (κ2) is 9.53. The van der Waals surface area contributed by atoms with Crippen molar-refractivity contribution in [3.05, 3.63) is 39.9 Å². The van der Waals surface area contributed by atoms with Crippen molar-refractivity contribution in [1.82, 2.24) is 16.1 Å². The molecule has 0 aliphatic carbocycles. The number of nitrogens with zero attached hydrogens (tertiary/aromatic N) is 1. The smallest absolute Gasteiger partial charge is 0.251 e. The molecule has 0 unspecified atom stereocenters. The van der Waals surface area contributed by atoms with E-state index in [1.165, 1.54) is 0 Å². The molecule has 0 amide bonds. The van der Waals surface area contributed by atoms with Crippen molar-refractivity contribution in [2.75, 3.05) is 18.8 Å². The van der Waals surface area contributed by atoms with E-state index in [9.17, 15) is 10.1 Å². The summed E-state index contributed by atoms with van der Waals surface area (Å²) in [6.45, 7) is 1.83. The highest BCUT2D eigenvalue weighted by Crippen LogP contribution is 2.05. The second-order valence-corrected chi connectivity index (χ2v) is 4.95. The number of nitrogens with two attached hydrogens (primary N) is 2. The monoisotopic (exact) mass is 309 g/mol. The first kappa shape index (κ1) is 17.7. The van der Waals surface area contributed by atoms with Crippen LogP contribution in [0.3, 0.4) is 0 Å². The lowest BCUT2D eigenvalue weighted by Gasteiger charge is -2.13. The molecule has 0 spiro atoms. The molecule has 0 aliphatic heterocycles. The summed E-state index contributed by atoms with van der Waals surface area (Å²) >= 11 is 0. The summed E-state index contributed by atoms with van der Waals surface area (Å²) in [5.74, 6) is -0.321. The largest absolute Gasteiger partial charge is 0.399 e. The molecule has 122 valence electrons. The molecular weight excluding hydrogens is 286 g/mol. The van der Waals surface area contributed by atoms with E-state index in [0.29, 0.717) is 19.6 Å². The van der Waals surface area contributed by atoms with Crippen LogP contribution in [0.15, 0.2) is 24.3 Å². The van der Waals surface area contributed by atoms with Gasteiger partial charge in [0, 0.05) is 31.4 Å². The maximum absolute atomic E-state index is 10.1. The minimum absolute atomic E-state index is 0.0134. The van der Waals surface area contributed by atoms with E-state index in [0.717, 1.165) is 24.1 Å². The molecule has 0 saturated heterocycles. The van der Waals surface area contributed by atoms with Crippen LogP contribution in [-0.2, 0) is 6.54 Å². The number of anilines is 1. The quantitative estimate of drug-likeness (QED) is 0.0919. The molecule has 1 rings (SSSR count). The Balaban J connectivity index is 2.07. The Morgan fingerprint density at radius 1 is 1.45 bits per heavy atom. The van der Waals surface area contributed by atoms with Crippen LogP contribution in [0.5, 0.6) is 0 Å². The third-order valence-corrected chi connectivity index (χ3v) is 2.94. The van der Waals surface area contributed by atoms with Crippen LogP contribution in [0, 0.1) is 15.5 Å². The molecule has 0 bridgehead atoms. The molecule has 8 N–H and O–H groups in total. The second-order valence-electron chi connectivity index (χ2n) is 4.95. The molecule has 9 nitrogen and oxygen atoms in total. The topological polar surface area (TPSA) is 155 Å². The zero-order chi connectivity index (χ0) is 16.4. The van der Waals surface area contributed by atoms with Gasteiger partial charge in [0.15, 0.2) is 5.03 Å². The molecule has 0 aliphatic rings. The van der Waals surface area contributed by atoms with Crippen LogP contribution >= 0.6 is 0 Å². The fraction of sp³-hybridized carbons (Fsp3) is 0.462. The van der Waals surface area contributed by atoms with Crippen molar-refractivity contribution in [3.63, 3.8) is 0 Å². The van der Waals surface area contributed by atoms with Crippen molar-refractivity contribution >= 4 is 11.6 Å². The summed E-state index contributed by atoms with van der Waals surface area (Å²) in [6, 6.07) is 7.64. The fourth-order valence-electron chi connectivity index (χ4n) is 1.92. The average molecular weight is 309 g/mol. The maximum atomic E-state index is 10.1. The van der Waals surface area contributed by atoms with Gasteiger partial charge in [-0.2, -0.15) is 0 Å². The third kappa shape index (κ3) is 8.02. The highest BCUT2D eigenvalue weighted by atomic mass is 16.7. The van der Waals surface area contributed by atoms with Gasteiger partial charge in [0.1, 0.15) is 0 Å². The number of nitro groups is 1. The third-order valence-electron chi connectivity index (χ3n) is 2.94. The minimum atomic E-state index is -0.776. The molecule has 1 aromatic rings. The van der Waals surface area contributed by atoms with Gasteiger partial charge < -0.3 is 22.1 Å². The number of hydrazine groups is 1. The molecular formula is C13H23N7O2. The van der Waals surface area contributed by atoms with Crippen LogP contribution < -0.4 is 27.5 Å². The number of benzene rings is 1. The Kier molecular flexibility index (Phi) is 7.65. The van der Waals surface area contributed by atoms with Crippen LogP contribution in [0.25, 0.3) is 0 Å². The van der Waals surface area contributed by atoms with Crippen LogP contribution in [0.2, 0.25) is 0 Å². The maximum Gasteiger partial charge on any atom is 0.251 e. The molecule has 22 heavy (non-hydrogen) atoms. The van der Waals surface area contributed by atoms with Gasteiger partial charge in [-0.3, -0.25) is 5.41 Å². The molecule has 0 saturated carbocycles. The van der Waals surface area contributed by atoms with Gasteiger partial charge in [-0.1, -0.05) is 17.6 Å². The number of guanidine groups is 1. The van der Waals surface area contributed by atoms with Crippen molar-refractivity contribution in [2.24, 2.45) is 5.73 Å². The molecule has 0 radical (unpaired) electrons. The Hall–Kier alpha value is -2.39. The summed E-state index contributed by atoms with van der Waals surface area (Å²) in [4.78, 5) is 10.1. The normalized spacial score (nSPS) is 11.7. The molecule has 0 fully saturated rings. The summed E-state index contributed by atoms with van der Waals surface area (Å²) < 4.78 is 0. The molecule has 1 atom stereocenters. The van der Waals surface area contributed by atoms with E-state index in [4.69, 9.17) is 16.9 Å². The van der Waals surface area contributed by atoms with Gasteiger partial charge in [-0.25, -0.2) is 10.1 Å². The van der Waals surface area contributed by atoms with Gasteiger partial charge in [0.25, 0.3) is 5.96 Å². The fourth-order valence-corrected chi connectivity index (χ4v) is 1.92. The van der Waals surface area contributed by atoms with Crippen molar-refractivity contribution < 1.29 is 5.03 Å². The Bertz CT molecular complexity index is 495. The van der Waals surface area contributed by atoms with Crippen molar-refractivity contribution in [3.8, 4) is 0 Å². The van der Waals surface area contributed by atoms with E-state index in [1.807, 2.05) is 24.3 Å². The average Bonchev–Trinajstić information content (AvgIpc) is 2.43. The highest BCUT2D eigenvalue weighted by molar-refractivity contribution is 5.74. The lowest BCUT2D eigenvalue weighted by atomic mass is 10.1. The SMILES string of the molecule is N=C(NCCC[C@H](N)CNCc1cccc(N)c1)N[N+](=O)[O-]. The predicted molar refractivity (Wildman–Crippen MR) is 85.6 cm³/mol. The summed E-state index contributed by atoms with van der Waals surface area (Å²) in [7, 11) is 0. The first-order valence-electron chi connectivity index (χ1n) is 7.01. The number of nitrogens with one attached hydrogen (secondary N) is 4. The summed E-state index contributed by atoms with van der Waals surface area (Å²) in [5, 5.41) is 22.4. The van der Waals surface area contributed by atoms with E-state index < -0.39 is 5.03 Å². The van der Waals surface area contributed by atoms with Crippen LogP contribution in [0.1, 0.15) is 18.4 Å². The lowest BCUT2D eigenvalue weighted by molar-refractivity contribution is -0.525. The predicted octanol–water partition coefficient (Wildman–Crippen LogP) is -0.228. The Morgan fingerprint density at radius 2 is 2.23 bits per heavy atom. The molecule has 9 heteroatoms. The number of hydrogen-bond acceptors (Lipinski definition) is 6. The molecule has 0 heterocycles. The number of hydrogen-bond donors (Lipinski definition) is 6. The number of rotatable bonds is 9. The van der Waals surface area contributed by atoms with E-state index in [2.05, 4.69) is 10.6 Å². The zero-order valence-electron chi connectivity index (χ0n) is 12.3. The zero-order valence-corrected chi connectivity index (χ0v) is 12.3. The van der Waals surface area contributed by atoms with E-state index in [-0.39, 0.29) is 12.0 Å². The number of nitrogen functional groups attached to an aromatic ring is 1. The van der Waals surface area contributed by atoms with Crippen LogP contribution in [-0.4, -0.2) is 30.1 Å². The first-order chi connectivity index (χ1) is 10.5. The standard InChI is InChI=1S/C13H23N7O2/c14-11-4-1-3-10(7-11)8-17-9-12(15)5-2-6-18-13(16)19-20(21)22/h1,3-4,7,12,17H,2,5-6,8-9,14-15H2,(H3,16,18,19)/t12-/m0/s1. The first-order valence-corrected chi connectivity index (χ1v) is 7.01. The lowest BCUT2D eigenvalue weighted by Crippen LogP contribution is -2.40. The van der Waals surface area contributed by atoms with E-state index in [1.54, 1.807) is 5.43 Å². The van der Waals surface area contributed by atoms with Gasteiger partial charge in [0.2, 0.25) is 0 Å². The van der Waals surface area contributed by atoms with Gasteiger partial charge >= 0.3 is 0 Å². The Labute approximate surface area is 129 Å². The Morgan fingerprint density at radius 3 is 2.91 bits per heavy atom. The summed E-state index contributed by atoms with van der Waals surface area (Å²) in [5.41, 5.74) is 15.2. The van der Waals surface area contributed by atoms with Crippen molar-refractivity contribution in [1.29, 1.82) is 5.41 Å². The van der Waals surface area contributed by atoms with Crippen molar-refractivity contribution in [2.45, 2.75) is 25.4 Å². The van der Waals surface area contributed by atoms with E-state index >= 15 is 0 Å². The van der Waals surface area contributed by atoms with Gasteiger partial charge in [0.05, 0.1) is 0 Å². The molecule has 0 aromatic heterocycles. The van der Waals surface area contributed by atoms with Gasteiger partial charge in [-0.15, -0.1) is 0 Å². The summed E-state index contributed by atoms with van der Waals surface area (Å²) in [6.07, 6.45) is 1.48. The van der Waals surface area contributed by atoms with Gasteiger partial charge in [-0.05, 0) is 30.5 Å². The minimum Gasteiger partial charge on any atom is -0.399 e. The highest BCUT2D eigenvalue weighted by Gasteiger charge is 2.04. The van der Waals surface area contributed by atoms with Crippen LogP contribution in [0.4, 0.5) is 5.69 Å².